The molecule has 1 aromatic rings. The van der Waals surface area contributed by atoms with Gasteiger partial charge in [0.1, 0.15) is 13.2 Å². The Morgan fingerprint density at radius 2 is 1.91 bits per heavy atom. The van der Waals surface area contributed by atoms with E-state index in [9.17, 15) is 22.8 Å². The molecule has 0 spiro atoms. The van der Waals surface area contributed by atoms with Crippen LogP contribution >= 0.6 is 0 Å². The number of benzene rings is 1. The molecule has 1 atom stereocenters. The Kier molecular flexibility index (Phi) is 7.85. The number of alkyl halides is 3. The van der Waals surface area contributed by atoms with Gasteiger partial charge in [-0.2, -0.15) is 13.2 Å². The predicted molar refractivity (Wildman–Crippen MR) is 118 cm³/mol. The maximum absolute atomic E-state index is 13.3. The van der Waals surface area contributed by atoms with Crippen molar-refractivity contribution in [2.75, 3.05) is 30.0 Å². The summed E-state index contributed by atoms with van der Waals surface area (Å²) in [5.74, 6) is -0.675. The van der Waals surface area contributed by atoms with E-state index in [1.807, 2.05) is 0 Å². The van der Waals surface area contributed by atoms with E-state index >= 15 is 0 Å². The number of nitrogens with one attached hydrogen (secondary N) is 1. The number of carbonyl (C=O) groups is 2. The van der Waals surface area contributed by atoms with Crippen molar-refractivity contribution in [3.63, 3.8) is 0 Å². The average molecular weight is 457 g/mol. The first-order valence-corrected chi connectivity index (χ1v) is 10.6. The highest BCUT2D eigenvalue weighted by atomic mass is 19.4. The highest BCUT2D eigenvalue weighted by Crippen LogP contribution is 2.45. The van der Waals surface area contributed by atoms with E-state index in [4.69, 9.17) is 9.47 Å². The minimum absolute atomic E-state index is 0.0515. The number of rotatable bonds is 6. The predicted octanol–water partition coefficient (Wildman–Crippen LogP) is 5.18. The molecule has 1 aliphatic rings. The standard InChI is InChI=1S/C23H31F3N2O4/c1-7-15-12-32-20-17(28(15)13-23(24,25)26)10-9-16(27-21(30)22(4,5)6)19(20)14(3)11-18(29)31-8-2/h9-11,15H,7-8,12-13H2,1-6H3,(H,27,30)/t15-/m1/s1. The fourth-order valence-corrected chi connectivity index (χ4v) is 3.39. The van der Waals surface area contributed by atoms with Crippen LogP contribution in [0.3, 0.4) is 0 Å². The molecular formula is C23H31F3N2O4. The number of allylic oxidation sites excluding steroid dienone is 1. The number of carbonyl (C=O) groups excluding carboxylic acids is 2. The summed E-state index contributed by atoms with van der Waals surface area (Å²) in [5.41, 5.74) is 0.674. The lowest BCUT2D eigenvalue weighted by Gasteiger charge is -2.40. The smallest absolute Gasteiger partial charge is 0.405 e. The fourth-order valence-electron chi connectivity index (χ4n) is 3.39. The summed E-state index contributed by atoms with van der Waals surface area (Å²) >= 11 is 0. The molecule has 1 heterocycles. The maximum atomic E-state index is 13.3. The number of hydrogen-bond donors (Lipinski definition) is 1. The molecule has 0 aliphatic carbocycles. The molecule has 0 bridgehead atoms. The van der Waals surface area contributed by atoms with Crippen LogP contribution in [0.15, 0.2) is 18.2 Å². The third-order valence-electron chi connectivity index (χ3n) is 5.07. The summed E-state index contributed by atoms with van der Waals surface area (Å²) in [4.78, 5) is 26.0. The Morgan fingerprint density at radius 3 is 2.44 bits per heavy atom. The first-order valence-electron chi connectivity index (χ1n) is 10.6. The van der Waals surface area contributed by atoms with Crippen LogP contribution in [0.1, 0.15) is 53.5 Å². The van der Waals surface area contributed by atoms with Gasteiger partial charge in [-0.3, -0.25) is 4.79 Å². The lowest BCUT2D eigenvalue weighted by Crippen LogP contribution is -2.47. The maximum Gasteiger partial charge on any atom is 0.405 e. The number of amides is 1. The van der Waals surface area contributed by atoms with Gasteiger partial charge < -0.3 is 19.7 Å². The second-order valence-corrected chi connectivity index (χ2v) is 8.74. The van der Waals surface area contributed by atoms with E-state index in [0.717, 1.165) is 0 Å². The Hall–Kier alpha value is -2.71. The monoisotopic (exact) mass is 456 g/mol. The van der Waals surface area contributed by atoms with Crippen molar-refractivity contribution in [1.82, 2.24) is 0 Å². The topological polar surface area (TPSA) is 67.9 Å². The van der Waals surface area contributed by atoms with Gasteiger partial charge in [-0.05, 0) is 38.0 Å². The Morgan fingerprint density at radius 1 is 1.25 bits per heavy atom. The van der Waals surface area contributed by atoms with Crippen LogP contribution in [0.5, 0.6) is 5.75 Å². The van der Waals surface area contributed by atoms with Crippen molar-refractivity contribution in [2.45, 2.75) is 60.2 Å². The van der Waals surface area contributed by atoms with Crippen molar-refractivity contribution >= 4 is 28.8 Å². The molecule has 0 saturated carbocycles. The highest BCUT2D eigenvalue weighted by molar-refractivity contribution is 6.01. The number of nitrogens with zero attached hydrogens (tertiary/aromatic N) is 1. The van der Waals surface area contributed by atoms with Crippen LogP contribution in [-0.2, 0) is 14.3 Å². The SMILES string of the molecule is CCOC(=O)C=C(C)c1c(NC(=O)C(C)(C)C)ccc2c1OC[C@@H](CC)N2CC(F)(F)F. The van der Waals surface area contributed by atoms with E-state index in [-0.39, 0.29) is 30.6 Å². The van der Waals surface area contributed by atoms with Gasteiger partial charge in [0.15, 0.2) is 5.75 Å². The van der Waals surface area contributed by atoms with Gasteiger partial charge in [0.2, 0.25) is 5.91 Å². The van der Waals surface area contributed by atoms with Gasteiger partial charge in [-0.15, -0.1) is 0 Å². The highest BCUT2D eigenvalue weighted by Gasteiger charge is 2.38. The molecule has 1 aliphatic heterocycles. The zero-order valence-corrected chi connectivity index (χ0v) is 19.4. The van der Waals surface area contributed by atoms with Crippen molar-refractivity contribution < 1.29 is 32.2 Å². The number of esters is 1. The number of hydrogen-bond acceptors (Lipinski definition) is 5. The number of ether oxygens (including phenoxy) is 2. The molecule has 0 aromatic heterocycles. The largest absolute Gasteiger partial charge is 0.489 e. The van der Waals surface area contributed by atoms with Crippen molar-refractivity contribution in [1.29, 1.82) is 0 Å². The molecule has 1 amide bonds. The Labute approximate surface area is 186 Å². The molecule has 2 rings (SSSR count). The number of halogens is 3. The van der Waals surface area contributed by atoms with E-state index in [1.54, 1.807) is 47.6 Å². The van der Waals surface area contributed by atoms with Crippen LogP contribution in [0.4, 0.5) is 24.5 Å². The number of anilines is 2. The third kappa shape index (κ3) is 6.17. The van der Waals surface area contributed by atoms with Crippen LogP contribution in [-0.4, -0.2) is 43.9 Å². The molecule has 0 unspecified atom stereocenters. The molecule has 0 saturated heterocycles. The van der Waals surface area contributed by atoms with Gasteiger partial charge in [0, 0.05) is 17.1 Å². The lowest BCUT2D eigenvalue weighted by molar-refractivity contribution is -0.137. The molecule has 0 radical (unpaired) electrons. The summed E-state index contributed by atoms with van der Waals surface area (Å²) in [6.45, 7) is 9.43. The van der Waals surface area contributed by atoms with E-state index in [2.05, 4.69) is 5.32 Å². The van der Waals surface area contributed by atoms with Crippen LogP contribution in [0.2, 0.25) is 0 Å². The lowest BCUT2D eigenvalue weighted by atomic mass is 9.94. The zero-order chi connectivity index (χ0) is 24.3. The molecule has 0 fully saturated rings. The second kappa shape index (κ2) is 9.83. The summed E-state index contributed by atoms with van der Waals surface area (Å²) in [6.07, 6.45) is -2.70. The minimum atomic E-state index is -4.41. The normalized spacial score (nSPS) is 16.8. The van der Waals surface area contributed by atoms with Gasteiger partial charge in [0.25, 0.3) is 0 Å². The van der Waals surface area contributed by atoms with Crippen LogP contribution in [0.25, 0.3) is 5.57 Å². The Bertz CT molecular complexity index is 888. The third-order valence-corrected chi connectivity index (χ3v) is 5.07. The number of fused-ring (bicyclic) bond motifs is 1. The van der Waals surface area contributed by atoms with Crippen molar-refractivity contribution in [3.8, 4) is 5.75 Å². The molecule has 1 aromatic carbocycles. The quantitative estimate of drug-likeness (QED) is 0.472. The molecule has 32 heavy (non-hydrogen) atoms. The second-order valence-electron chi connectivity index (χ2n) is 8.74. The van der Waals surface area contributed by atoms with Gasteiger partial charge >= 0.3 is 12.1 Å². The summed E-state index contributed by atoms with van der Waals surface area (Å²) in [7, 11) is 0. The Balaban J connectivity index is 2.66. The molecule has 178 valence electrons. The molecule has 9 heteroatoms. The molecule has 1 N–H and O–H groups in total. The van der Waals surface area contributed by atoms with Gasteiger partial charge in [-0.1, -0.05) is 27.7 Å². The molecule has 6 nitrogen and oxygen atoms in total. The summed E-state index contributed by atoms with van der Waals surface area (Å²) in [6, 6.07) is 2.61. The first kappa shape index (κ1) is 25.5. The fraction of sp³-hybridized carbons (Fsp3) is 0.565. The minimum Gasteiger partial charge on any atom is -0.489 e. The van der Waals surface area contributed by atoms with Crippen LogP contribution < -0.4 is 15.0 Å². The average Bonchev–Trinajstić information content (AvgIpc) is 2.66. The summed E-state index contributed by atoms with van der Waals surface area (Å²) in [5, 5.41) is 2.82. The van der Waals surface area contributed by atoms with E-state index in [1.165, 1.54) is 17.0 Å². The van der Waals surface area contributed by atoms with E-state index < -0.39 is 30.1 Å². The van der Waals surface area contributed by atoms with Crippen molar-refractivity contribution in [2.24, 2.45) is 5.41 Å². The first-order chi connectivity index (χ1) is 14.8. The van der Waals surface area contributed by atoms with Crippen molar-refractivity contribution in [3.05, 3.63) is 23.8 Å². The van der Waals surface area contributed by atoms with Gasteiger partial charge in [0.05, 0.1) is 24.0 Å². The summed E-state index contributed by atoms with van der Waals surface area (Å²) < 4.78 is 50.9. The van der Waals surface area contributed by atoms with E-state index in [0.29, 0.717) is 23.2 Å². The van der Waals surface area contributed by atoms with Crippen LogP contribution in [0, 0.1) is 5.41 Å². The van der Waals surface area contributed by atoms with Gasteiger partial charge in [-0.25, -0.2) is 4.79 Å². The zero-order valence-electron chi connectivity index (χ0n) is 19.4. The molecular weight excluding hydrogens is 425 g/mol.